The van der Waals surface area contributed by atoms with E-state index in [1.54, 1.807) is 0 Å². The highest BCUT2D eigenvalue weighted by molar-refractivity contribution is 5.92. The molecule has 0 fully saturated rings. The Balaban J connectivity index is 0.932. The number of rotatable bonds is 7. The van der Waals surface area contributed by atoms with Gasteiger partial charge in [0.2, 0.25) is 0 Å². The molecule has 9 aromatic carbocycles. The Kier molecular flexibility index (Phi) is 8.68. The molecule has 0 radical (unpaired) electrons. The van der Waals surface area contributed by atoms with Gasteiger partial charge in [-0.25, -0.2) is 9.97 Å². The molecule has 0 spiro atoms. The van der Waals surface area contributed by atoms with Gasteiger partial charge in [-0.2, -0.15) is 0 Å². The molecule has 4 nitrogen and oxygen atoms in total. The van der Waals surface area contributed by atoms with Gasteiger partial charge in [-0.15, -0.1) is 0 Å². The van der Waals surface area contributed by atoms with Crippen molar-refractivity contribution in [2.24, 2.45) is 0 Å². The summed E-state index contributed by atoms with van der Waals surface area (Å²) in [7, 11) is 0. The fourth-order valence-electron chi connectivity index (χ4n) is 9.52. The van der Waals surface area contributed by atoms with Crippen LogP contribution in [0.15, 0.2) is 231 Å². The standard InChI is InChI=1S/C59H38N2O2/c1-5-16-39(17-6-1)40-28-30-42(31-29-40)58-60-51(41-18-7-2-8-19-41)38-52(61-58)45-21-15-20-43(36-45)44-32-34-53-55(37-44)63-57-54(62-53)35-33-50-56(57)48-26-13-14-27-49(48)59(50,46-22-9-3-10-23-46)47-24-11-4-12-25-47/h1-38H. The molecule has 0 N–H and O–H groups in total. The molecule has 0 atom stereocenters. The van der Waals surface area contributed by atoms with Crippen LogP contribution in [0.25, 0.3) is 67.3 Å². The fraction of sp³-hybridized carbons (Fsp3) is 0.0169. The first-order chi connectivity index (χ1) is 31.2. The molecule has 0 saturated heterocycles. The highest BCUT2D eigenvalue weighted by Gasteiger charge is 2.48. The van der Waals surface area contributed by atoms with Crippen LogP contribution >= 0.6 is 0 Å². The van der Waals surface area contributed by atoms with Gasteiger partial charge in [-0.1, -0.05) is 200 Å². The largest absolute Gasteiger partial charge is 0.449 e. The lowest BCUT2D eigenvalue weighted by atomic mass is 9.68. The second-order valence-electron chi connectivity index (χ2n) is 16.1. The van der Waals surface area contributed by atoms with Crippen molar-refractivity contribution in [2.75, 3.05) is 0 Å². The second-order valence-corrected chi connectivity index (χ2v) is 16.1. The molecule has 1 aliphatic carbocycles. The molecule has 4 heteroatoms. The van der Waals surface area contributed by atoms with Gasteiger partial charge in [0.15, 0.2) is 28.8 Å². The first-order valence-electron chi connectivity index (χ1n) is 21.3. The summed E-state index contributed by atoms with van der Waals surface area (Å²) in [6.07, 6.45) is 0. The van der Waals surface area contributed by atoms with Gasteiger partial charge in [0, 0.05) is 22.3 Å². The molecule has 0 amide bonds. The number of aromatic nitrogens is 2. The predicted molar refractivity (Wildman–Crippen MR) is 253 cm³/mol. The van der Waals surface area contributed by atoms with E-state index in [1.165, 1.54) is 27.8 Å². The number of benzene rings is 9. The van der Waals surface area contributed by atoms with Gasteiger partial charge >= 0.3 is 0 Å². The van der Waals surface area contributed by atoms with Crippen molar-refractivity contribution in [2.45, 2.75) is 5.41 Å². The maximum atomic E-state index is 7.04. The third-order valence-corrected chi connectivity index (χ3v) is 12.5. The summed E-state index contributed by atoms with van der Waals surface area (Å²) in [6.45, 7) is 0. The van der Waals surface area contributed by atoms with Gasteiger partial charge in [0.25, 0.3) is 0 Å². The SMILES string of the molecule is c1ccc(-c2ccc(-c3nc(-c4ccccc4)cc(-c4cccc(-c5ccc6c(c5)Oc5c(ccc7c5-c5ccccc5C7(c5ccccc5)c5ccccc5)O6)c4)n3)cc2)cc1. The van der Waals surface area contributed by atoms with E-state index < -0.39 is 5.41 Å². The lowest BCUT2D eigenvalue weighted by Gasteiger charge is -2.34. The summed E-state index contributed by atoms with van der Waals surface area (Å²) in [5.41, 5.74) is 15.5. The van der Waals surface area contributed by atoms with E-state index >= 15 is 0 Å². The number of hydrogen-bond acceptors (Lipinski definition) is 4. The highest BCUT2D eigenvalue weighted by Crippen LogP contribution is 2.62. The Labute approximate surface area is 366 Å². The molecule has 0 saturated carbocycles. The van der Waals surface area contributed by atoms with Gasteiger partial charge < -0.3 is 9.47 Å². The van der Waals surface area contributed by atoms with Gasteiger partial charge in [0.1, 0.15) is 0 Å². The molecule has 10 aromatic rings. The topological polar surface area (TPSA) is 44.2 Å². The Bertz CT molecular complexity index is 3270. The maximum Gasteiger partial charge on any atom is 0.178 e. The lowest BCUT2D eigenvalue weighted by Crippen LogP contribution is -2.28. The molecule has 1 aliphatic heterocycles. The van der Waals surface area contributed by atoms with Crippen molar-refractivity contribution < 1.29 is 9.47 Å². The van der Waals surface area contributed by atoms with Crippen LogP contribution in [0.3, 0.4) is 0 Å². The quantitative estimate of drug-likeness (QED) is 0.161. The first-order valence-corrected chi connectivity index (χ1v) is 21.3. The van der Waals surface area contributed by atoms with Crippen molar-refractivity contribution in [1.82, 2.24) is 9.97 Å². The summed E-state index contributed by atoms with van der Waals surface area (Å²) < 4.78 is 13.7. The van der Waals surface area contributed by atoms with Crippen LogP contribution in [0, 0.1) is 0 Å². The van der Waals surface area contributed by atoms with Crippen molar-refractivity contribution >= 4 is 0 Å². The number of ether oxygens (including phenoxy) is 2. The molecule has 2 heterocycles. The summed E-state index contributed by atoms with van der Waals surface area (Å²) in [5, 5.41) is 0. The Morgan fingerprint density at radius 3 is 1.56 bits per heavy atom. The van der Waals surface area contributed by atoms with Crippen LogP contribution in [-0.4, -0.2) is 9.97 Å². The minimum Gasteiger partial charge on any atom is -0.449 e. The van der Waals surface area contributed by atoms with Crippen LogP contribution in [0.2, 0.25) is 0 Å². The molecule has 0 unspecified atom stereocenters. The average molecular weight is 807 g/mol. The molecule has 296 valence electrons. The molecular formula is C59H38N2O2. The molecule has 2 aliphatic rings. The Morgan fingerprint density at radius 1 is 0.317 bits per heavy atom. The Hall–Kier alpha value is -8.34. The normalized spacial score (nSPS) is 12.8. The zero-order valence-electron chi connectivity index (χ0n) is 34.2. The lowest BCUT2D eigenvalue weighted by molar-refractivity contribution is 0.360. The number of fused-ring (bicyclic) bond motifs is 6. The first kappa shape index (κ1) is 36.5. The number of nitrogens with zero attached hydrogens (tertiary/aromatic N) is 2. The zero-order valence-corrected chi connectivity index (χ0v) is 34.2. The average Bonchev–Trinajstić information content (AvgIpc) is 3.68. The summed E-state index contributed by atoms with van der Waals surface area (Å²) in [4.78, 5) is 10.3. The van der Waals surface area contributed by atoms with E-state index in [0.717, 1.165) is 61.6 Å². The minimum absolute atomic E-state index is 0.539. The van der Waals surface area contributed by atoms with E-state index in [0.29, 0.717) is 23.1 Å². The van der Waals surface area contributed by atoms with Crippen LogP contribution in [0.5, 0.6) is 23.0 Å². The Morgan fingerprint density at radius 2 is 0.841 bits per heavy atom. The van der Waals surface area contributed by atoms with Crippen molar-refractivity contribution in [3.8, 4) is 90.3 Å². The van der Waals surface area contributed by atoms with E-state index in [4.69, 9.17) is 19.4 Å². The smallest absolute Gasteiger partial charge is 0.178 e. The van der Waals surface area contributed by atoms with Crippen molar-refractivity contribution in [1.29, 1.82) is 0 Å². The molecule has 12 rings (SSSR count). The van der Waals surface area contributed by atoms with E-state index in [-0.39, 0.29) is 0 Å². The monoisotopic (exact) mass is 806 g/mol. The van der Waals surface area contributed by atoms with Crippen LogP contribution < -0.4 is 9.47 Å². The maximum absolute atomic E-state index is 7.04. The third kappa shape index (κ3) is 6.14. The number of hydrogen-bond donors (Lipinski definition) is 0. The van der Waals surface area contributed by atoms with Crippen LogP contribution in [0.1, 0.15) is 22.3 Å². The van der Waals surface area contributed by atoms with Crippen LogP contribution in [-0.2, 0) is 5.41 Å². The van der Waals surface area contributed by atoms with Gasteiger partial charge in [-0.05, 0) is 80.4 Å². The molecular weight excluding hydrogens is 769 g/mol. The van der Waals surface area contributed by atoms with Crippen LogP contribution in [0.4, 0.5) is 0 Å². The van der Waals surface area contributed by atoms with E-state index in [9.17, 15) is 0 Å². The molecule has 63 heavy (non-hydrogen) atoms. The molecule has 1 aromatic heterocycles. The fourth-order valence-corrected chi connectivity index (χ4v) is 9.52. The van der Waals surface area contributed by atoms with Gasteiger partial charge in [0.05, 0.1) is 16.8 Å². The molecule has 0 bridgehead atoms. The summed E-state index contributed by atoms with van der Waals surface area (Å²) in [6, 6.07) is 80.6. The summed E-state index contributed by atoms with van der Waals surface area (Å²) in [5.74, 6) is 3.45. The van der Waals surface area contributed by atoms with Gasteiger partial charge in [-0.3, -0.25) is 0 Å². The predicted octanol–water partition coefficient (Wildman–Crippen LogP) is 15.1. The van der Waals surface area contributed by atoms with E-state index in [2.05, 4.69) is 200 Å². The van der Waals surface area contributed by atoms with Crippen molar-refractivity contribution in [3.05, 3.63) is 253 Å². The third-order valence-electron chi connectivity index (χ3n) is 12.5. The highest BCUT2D eigenvalue weighted by atomic mass is 16.6. The zero-order chi connectivity index (χ0) is 41.7. The minimum atomic E-state index is -0.539. The summed E-state index contributed by atoms with van der Waals surface area (Å²) >= 11 is 0. The second kappa shape index (κ2) is 15.0. The van der Waals surface area contributed by atoms with Crippen molar-refractivity contribution in [3.63, 3.8) is 0 Å². The van der Waals surface area contributed by atoms with E-state index in [1.807, 2.05) is 30.3 Å².